The lowest BCUT2D eigenvalue weighted by atomic mass is 10.1. The minimum Gasteiger partial charge on any atom is -0.502 e. The van der Waals surface area contributed by atoms with Gasteiger partial charge in [-0.2, -0.15) is 0 Å². The number of halogens is 1. The second kappa shape index (κ2) is 6.19. The first kappa shape index (κ1) is 14.7. The zero-order chi connectivity index (χ0) is 15.4. The van der Waals surface area contributed by atoms with E-state index in [1.807, 2.05) is 18.2 Å². The molecule has 106 valence electrons. The van der Waals surface area contributed by atoms with E-state index in [0.717, 1.165) is 11.6 Å². The number of nitro groups is 1. The smallest absolute Gasteiger partial charge is 0.312 e. The highest BCUT2D eigenvalue weighted by molar-refractivity contribution is 6.31. The molecule has 0 unspecified atom stereocenters. The topological polar surface area (TPSA) is 80.4 Å². The number of hydrogen-bond acceptors (Lipinski definition) is 4. The summed E-state index contributed by atoms with van der Waals surface area (Å²) in [7, 11) is 0. The normalized spacial score (nSPS) is 10.7. The van der Waals surface area contributed by atoms with Gasteiger partial charge >= 0.3 is 5.69 Å². The van der Waals surface area contributed by atoms with Crippen LogP contribution in [0.15, 0.2) is 48.5 Å². The first-order chi connectivity index (χ1) is 9.99. The minimum absolute atomic E-state index is 0.0101. The number of carbonyl (C=O) groups excluding carboxylic acids is 1. The van der Waals surface area contributed by atoms with E-state index in [-0.39, 0.29) is 10.6 Å². The molecule has 0 amide bonds. The van der Waals surface area contributed by atoms with Crippen LogP contribution in [0.5, 0.6) is 5.75 Å². The van der Waals surface area contributed by atoms with E-state index < -0.39 is 22.1 Å². The summed E-state index contributed by atoms with van der Waals surface area (Å²) in [4.78, 5) is 22.0. The average molecular weight is 304 g/mol. The highest BCUT2D eigenvalue weighted by Crippen LogP contribution is 2.33. The zero-order valence-corrected chi connectivity index (χ0v) is 11.4. The van der Waals surface area contributed by atoms with Gasteiger partial charge in [-0.15, -0.1) is 0 Å². The largest absolute Gasteiger partial charge is 0.502 e. The van der Waals surface area contributed by atoms with Gasteiger partial charge in [0.15, 0.2) is 5.78 Å². The van der Waals surface area contributed by atoms with Gasteiger partial charge in [-0.3, -0.25) is 14.9 Å². The van der Waals surface area contributed by atoms with Crippen LogP contribution >= 0.6 is 11.6 Å². The highest BCUT2D eigenvalue weighted by atomic mass is 35.5. The van der Waals surface area contributed by atoms with Gasteiger partial charge in [0, 0.05) is 11.1 Å². The van der Waals surface area contributed by atoms with Crippen LogP contribution in [0.3, 0.4) is 0 Å². The van der Waals surface area contributed by atoms with Gasteiger partial charge in [0.05, 0.1) is 10.5 Å². The number of rotatable bonds is 4. The summed E-state index contributed by atoms with van der Waals surface area (Å²) < 4.78 is 0. The van der Waals surface area contributed by atoms with Crippen LogP contribution in [0, 0.1) is 10.1 Å². The molecule has 0 atom stereocenters. The van der Waals surface area contributed by atoms with Gasteiger partial charge in [-0.05, 0) is 17.7 Å². The van der Waals surface area contributed by atoms with Crippen molar-refractivity contribution >= 4 is 29.1 Å². The van der Waals surface area contributed by atoms with Crippen LogP contribution in [-0.4, -0.2) is 15.8 Å². The second-order valence-corrected chi connectivity index (χ2v) is 4.62. The summed E-state index contributed by atoms with van der Waals surface area (Å²) >= 11 is 5.74. The number of nitrogens with zero attached hydrogens (tertiary/aromatic N) is 1. The Labute approximate surface area is 125 Å². The van der Waals surface area contributed by atoms with Crippen molar-refractivity contribution in [1.82, 2.24) is 0 Å². The molecule has 6 heteroatoms. The molecule has 1 N–H and O–H groups in total. The van der Waals surface area contributed by atoms with Crippen molar-refractivity contribution < 1.29 is 14.8 Å². The SMILES string of the molecule is O=C(/C=C/c1ccccc1)c1cc(Cl)cc([N+](=O)[O-])c1O. The maximum Gasteiger partial charge on any atom is 0.312 e. The Hall–Kier alpha value is -2.66. The molecule has 0 fully saturated rings. The van der Waals surface area contributed by atoms with Gasteiger partial charge in [0.1, 0.15) is 0 Å². The molecule has 0 aliphatic carbocycles. The third-order valence-corrected chi connectivity index (χ3v) is 2.96. The first-order valence-corrected chi connectivity index (χ1v) is 6.31. The van der Waals surface area contributed by atoms with E-state index in [1.165, 1.54) is 12.1 Å². The molecule has 2 aromatic rings. The Morgan fingerprint density at radius 1 is 1.24 bits per heavy atom. The maximum atomic E-state index is 12.0. The number of ketones is 1. The Kier molecular flexibility index (Phi) is 4.35. The van der Waals surface area contributed by atoms with Crippen molar-refractivity contribution in [3.05, 3.63) is 74.8 Å². The van der Waals surface area contributed by atoms with Crippen LogP contribution in [-0.2, 0) is 0 Å². The molecule has 2 aromatic carbocycles. The maximum absolute atomic E-state index is 12.0. The highest BCUT2D eigenvalue weighted by Gasteiger charge is 2.21. The number of allylic oxidation sites excluding steroid dienone is 1. The monoisotopic (exact) mass is 303 g/mol. The van der Waals surface area contributed by atoms with Gasteiger partial charge in [0.2, 0.25) is 5.75 Å². The van der Waals surface area contributed by atoms with Gasteiger partial charge < -0.3 is 5.11 Å². The number of nitro benzene ring substituents is 1. The summed E-state index contributed by atoms with van der Waals surface area (Å²) in [6.07, 6.45) is 2.78. The van der Waals surface area contributed by atoms with Crippen molar-refractivity contribution in [3.8, 4) is 5.75 Å². The Morgan fingerprint density at radius 2 is 1.90 bits per heavy atom. The molecular weight excluding hydrogens is 294 g/mol. The predicted octanol–water partition coefficient (Wildman–Crippen LogP) is 3.85. The quantitative estimate of drug-likeness (QED) is 0.402. The molecule has 21 heavy (non-hydrogen) atoms. The van der Waals surface area contributed by atoms with Crippen LogP contribution in [0.4, 0.5) is 5.69 Å². The van der Waals surface area contributed by atoms with Crippen molar-refractivity contribution in [2.75, 3.05) is 0 Å². The molecule has 0 aliphatic heterocycles. The summed E-state index contributed by atoms with van der Waals surface area (Å²) in [6.45, 7) is 0. The Balaban J connectivity index is 2.36. The van der Waals surface area contributed by atoms with E-state index in [1.54, 1.807) is 18.2 Å². The van der Waals surface area contributed by atoms with E-state index >= 15 is 0 Å². The molecule has 5 nitrogen and oxygen atoms in total. The van der Waals surface area contributed by atoms with E-state index in [2.05, 4.69) is 0 Å². The summed E-state index contributed by atoms with van der Waals surface area (Å²) in [5.74, 6) is -1.26. The molecule has 0 bridgehead atoms. The van der Waals surface area contributed by atoms with E-state index in [0.29, 0.717) is 0 Å². The van der Waals surface area contributed by atoms with Crippen molar-refractivity contribution in [1.29, 1.82) is 0 Å². The summed E-state index contributed by atoms with van der Waals surface area (Å²) in [6, 6.07) is 11.2. The van der Waals surface area contributed by atoms with Crippen LogP contribution in [0.25, 0.3) is 6.08 Å². The van der Waals surface area contributed by atoms with E-state index in [9.17, 15) is 20.0 Å². The average Bonchev–Trinajstić information content (AvgIpc) is 2.47. The Morgan fingerprint density at radius 3 is 2.52 bits per heavy atom. The molecule has 0 radical (unpaired) electrons. The molecule has 0 heterocycles. The molecule has 0 spiro atoms. The fraction of sp³-hybridized carbons (Fsp3) is 0. The lowest BCUT2D eigenvalue weighted by Gasteiger charge is -2.02. The van der Waals surface area contributed by atoms with Crippen LogP contribution in [0.1, 0.15) is 15.9 Å². The molecular formula is C15H10ClNO4. The van der Waals surface area contributed by atoms with Crippen molar-refractivity contribution in [3.63, 3.8) is 0 Å². The third kappa shape index (κ3) is 3.46. The zero-order valence-electron chi connectivity index (χ0n) is 10.7. The lowest BCUT2D eigenvalue weighted by molar-refractivity contribution is -0.385. The van der Waals surface area contributed by atoms with Gasteiger partial charge in [-0.25, -0.2) is 0 Å². The van der Waals surface area contributed by atoms with Crippen molar-refractivity contribution in [2.24, 2.45) is 0 Å². The molecule has 0 saturated carbocycles. The molecule has 0 saturated heterocycles. The number of carbonyl (C=O) groups is 1. The predicted molar refractivity (Wildman–Crippen MR) is 79.6 cm³/mol. The van der Waals surface area contributed by atoms with Crippen molar-refractivity contribution in [2.45, 2.75) is 0 Å². The number of hydrogen-bond donors (Lipinski definition) is 1. The molecule has 2 rings (SSSR count). The first-order valence-electron chi connectivity index (χ1n) is 5.93. The second-order valence-electron chi connectivity index (χ2n) is 4.19. The van der Waals surface area contributed by atoms with Gasteiger partial charge in [0.25, 0.3) is 0 Å². The Bertz CT molecular complexity index is 726. The summed E-state index contributed by atoms with van der Waals surface area (Å²) in [5, 5.41) is 20.6. The number of phenolic OH excluding ortho intramolecular Hbond substituents is 1. The number of benzene rings is 2. The van der Waals surface area contributed by atoms with E-state index in [4.69, 9.17) is 11.6 Å². The van der Waals surface area contributed by atoms with Crippen LogP contribution in [0.2, 0.25) is 5.02 Å². The van der Waals surface area contributed by atoms with Gasteiger partial charge in [-0.1, -0.05) is 48.0 Å². The standard InChI is InChI=1S/C15H10ClNO4/c16-11-8-12(15(19)13(9-11)17(20)21)14(18)7-6-10-4-2-1-3-5-10/h1-9,19H/b7-6+. The number of aromatic hydroxyl groups is 1. The van der Waals surface area contributed by atoms with Crippen LogP contribution < -0.4 is 0 Å². The summed E-state index contributed by atoms with van der Waals surface area (Å²) in [5.41, 5.74) is -0.0118. The minimum atomic E-state index is -0.793. The molecule has 0 aromatic heterocycles. The molecule has 0 aliphatic rings. The third-order valence-electron chi connectivity index (χ3n) is 2.74. The fourth-order valence-electron chi connectivity index (χ4n) is 1.74. The lowest BCUT2D eigenvalue weighted by Crippen LogP contribution is -1.98. The number of phenols is 1. The fourth-order valence-corrected chi connectivity index (χ4v) is 1.95.